The molecule has 0 bridgehead atoms. The lowest BCUT2D eigenvalue weighted by Gasteiger charge is -2.08. The fraction of sp³-hybridized carbons (Fsp3) is 0.182. The molecule has 15 heavy (non-hydrogen) atoms. The van der Waals surface area contributed by atoms with Crippen molar-refractivity contribution in [3.8, 4) is 5.69 Å². The smallest absolute Gasteiger partial charge is 0.0693 e. The Morgan fingerprint density at radius 3 is 2.87 bits per heavy atom. The van der Waals surface area contributed by atoms with Gasteiger partial charge in [-0.25, -0.2) is 4.68 Å². The van der Waals surface area contributed by atoms with Gasteiger partial charge in [0.1, 0.15) is 0 Å². The third-order valence-electron chi connectivity index (χ3n) is 2.26. The number of nitrogens with two attached hydrogens (primary N) is 1. The molecule has 0 radical (unpaired) electrons. The Labute approximate surface area is 97.0 Å². The maximum absolute atomic E-state index is 5.69. The molecule has 1 heterocycles. The number of aromatic nitrogens is 2. The summed E-state index contributed by atoms with van der Waals surface area (Å²) in [5.41, 5.74) is 9.03. The third kappa shape index (κ3) is 2.11. The van der Waals surface area contributed by atoms with Crippen LogP contribution in [0.4, 0.5) is 0 Å². The highest BCUT2D eigenvalue weighted by Crippen LogP contribution is 2.18. The normalized spacial score (nSPS) is 10.6. The second kappa shape index (κ2) is 4.16. The zero-order valence-electron chi connectivity index (χ0n) is 8.44. The van der Waals surface area contributed by atoms with Crippen LogP contribution in [0.15, 0.2) is 35.1 Å². The number of halogens is 1. The quantitative estimate of drug-likeness (QED) is 0.907. The van der Waals surface area contributed by atoms with Crippen molar-refractivity contribution in [2.24, 2.45) is 5.73 Å². The lowest BCUT2D eigenvalue weighted by Crippen LogP contribution is -2.05. The summed E-state index contributed by atoms with van der Waals surface area (Å²) < 4.78 is 2.80. The first-order valence-corrected chi connectivity index (χ1v) is 5.50. The Hall–Kier alpha value is -1.13. The third-order valence-corrected chi connectivity index (χ3v) is 2.67. The fourth-order valence-corrected chi connectivity index (χ4v) is 1.78. The summed E-state index contributed by atoms with van der Waals surface area (Å²) in [7, 11) is 0. The van der Waals surface area contributed by atoms with Crippen LogP contribution >= 0.6 is 15.9 Å². The Kier molecular flexibility index (Phi) is 2.88. The Balaban J connectivity index is 2.55. The summed E-state index contributed by atoms with van der Waals surface area (Å²) in [6.07, 6.45) is 3.69. The maximum Gasteiger partial charge on any atom is 0.0693 e. The molecule has 0 aliphatic heterocycles. The van der Waals surface area contributed by atoms with Gasteiger partial charge in [-0.15, -0.1) is 0 Å². The van der Waals surface area contributed by atoms with Gasteiger partial charge >= 0.3 is 0 Å². The van der Waals surface area contributed by atoms with E-state index in [9.17, 15) is 0 Å². The van der Waals surface area contributed by atoms with Gasteiger partial charge in [0.25, 0.3) is 0 Å². The highest BCUT2D eigenvalue weighted by molar-refractivity contribution is 9.10. The van der Waals surface area contributed by atoms with Crippen molar-refractivity contribution in [2.75, 3.05) is 0 Å². The molecule has 2 aromatic rings. The van der Waals surface area contributed by atoms with Gasteiger partial charge in [0, 0.05) is 12.7 Å². The van der Waals surface area contributed by atoms with Crippen LogP contribution < -0.4 is 5.73 Å². The van der Waals surface area contributed by atoms with E-state index in [1.54, 1.807) is 6.20 Å². The van der Waals surface area contributed by atoms with Gasteiger partial charge in [-0.2, -0.15) is 5.10 Å². The van der Waals surface area contributed by atoms with Crippen molar-refractivity contribution in [1.29, 1.82) is 0 Å². The summed E-state index contributed by atoms with van der Waals surface area (Å²) in [5, 5.41) is 4.25. The van der Waals surface area contributed by atoms with Crippen LogP contribution in [0.5, 0.6) is 0 Å². The summed E-state index contributed by atoms with van der Waals surface area (Å²) in [4.78, 5) is 0. The number of hydrogen-bond donors (Lipinski definition) is 1. The molecule has 0 fully saturated rings. The van der Waals surface area contributed by atoms with Gasteiger partial charge in [-0.3, -0.25) is 0 Å². The summed E-state index contributed by atoms with van der Waals surface area (Å²) >= 11 is 3.38. The van der Waals surface area contributed by atoms with Crippen molar-refractivity contribution in [1.82, 2.24) is 9.78 Å². The van der Waals surface area contributed by atoms with Crippen LogP contribution in [0.2, 0.25) is 0 Å². The number of aryl methyl sites for hydroxylation is 1. The minimum Gasteiger partial charge on any atom is -0.326 e. The Morgan fingerprint density at radius 1 is 1.47 bits per heavy atom. The van der Waals surface area contributed by atoms with Gasteiger partial charge in [-0.05, 0) is 40.0 Å². The SMILES string of the molecule is Cc1ccc(CN)c(-n2cc(Br)cn2)c1. The topological polar surface area (TPSA) is 43.8 Å². The van der Waals surface area contributed by atoms with Crippen LogP contribution in [-0.2, 0) is 6.54 Å². The van der Waals surface area contributed by atoms with Crippen LogP contribution in [0.1, 0.15) is 11.1 Å². The molecule has 0 amide bonds. The molecule has 0 aliphatic carbocycles. The Morgan fingerprint density at radius 2 is 2.27 bits per heavy atom. The van der Waals surface area contributed by atoms with E-state index >= 15 is 0 Å². The lowest BCUT2D eigenvalue weighted by atomic mass is 10.1. The number of rotatable bonds is 2. The minimum absolute atomic E-state index is 0.521. The largest absolute Gasteiger partial charge is 0.326 e. The van der Waals surface area contributed by atoms with Crippen LogP contribution in [0.25, 0.3) is 5.69 Å². The first-order chi connectivity index (χ1) is 7.20. The molecule has 1 aromatic carbocycles. The first-order valence-electron chi connectivity index (χ1n) is 4.71. The molecule has 4 heteroatoms. The van der Waals surface area contributed by atoms with E-state index in [1.165, 1.54) is 5.56 Å². The van der Waals surface area contributed by atoms with Gasteiger partial charge in [0.05, 0.1) is 16.4 Å². The molecule has 0 aliphatic rings. The molecule has 0 atom stereocenters. The predicted octanol–water partition coefficient (Wildman–Crippen LogP) is 2.40. The molecule has 1 aromatic heterocycles. The second-order valence-corrected chi connectivity index (χ2v) is 4.36. The van der Waals surface area contributed by atoms with Gasteiger partial charge in [0.2, 0.25) is 0 Å². The van der Waals surface area contributed by atoms with Gasteiger partial charge in [0.15, 0.2) is 0 Å². The summed E-state index contributed by atoms with van der Waals surface area (Å²) in [5.74, 6) is 0. The second-order valence-electron chi connectivity index (χ2n) is 3.44. The van der Waals surface area contributed by atoms with Crippen molar-refractivity contribution >= 4 is 15.9 Å². The molecule has 2 N–H and O–H groups in total. The van der Waals surface area contributed by atoms with Crippen LogP contribution in [0.3, 0.4) is 0 Å². The van der Waals surface area contributed by atoms with E-state index in [0.29, 0.717) is 6.54 Å². The van der Waals surface area contributed by atoms with Crippen molar-refractivity contribution in [3.63, 3.8) is 0 Å². The van der Waals surface area contributed by atoms with Crippen molar-refractivity contribution in [2.45, 2.75) is 13.5 Å². The van der Waals surface area contributed by atoms with E-state index in [4.69, 9.17) is 5.73 Å². The zero-order chi connectivity index (χ0) is 10.8. The molecular weight excluding hydrogens is 254 g/mol. The molecule has 0 saturated heterocycles. The highest BCUT2D eigenvalue weighted by Gasteiger charge is 2.04. The molecule has 0 unspecified atom stereocenters. The number of benzene rings is 1. The molecule has 2 rings (SSSR count). The molecule has 0 spiro atoms. The standard InChI is InChI=1S/C11H12BrN3/c1-8-2-3-9(5-13)11(4-8)15-7-10(12)6-14-15/h2-4,6-7H,5,13H2,1H3. The van der Waals surface area contributed by atoms with Gasteiger partial charge in [-0.1, -0.05) is 12.1 Å². The van der Waals surface area contributed by atoms with Crippen LogP contribution in [-0.4, -0.2) is 9.78 Å². The lowest BCUT2D eigenvalue weighted by molar-refractivity contribution is 0.857. The monoisotopic (exact) mass is 265 g/mol. The van der Waals surface area contributed by atoms with E-state index in [2.05, 4.69) is 40.1 Å². The van der Waals surface area contributed by atoms with E-state index < -0.39 is 0 Å². The number of hydrogen-bond acceptors (Lipinski definition) is 2. The maximum atomic E-state index is 5.69. The van der Waals surface area contributed by atoms with Gasteiger partial charge < -0.3 is 5.73 Å². The average molecular weight is 266 g/mol. The Bertz CT molecular complexity index is 476. The summed E-state index contributed by atoms with van der Waals surface area (Å²) in [6, 6.07) is 6.19. The van der Waals surface area contributed by atoms with Crippen molar-refractivity contribution in [3.05, 3.63) is 46.2 Å². The molecular formula is C11H12BrN3. The molecule has 3 nitrogen and oxygen atoms in total. The molecule has 78 valence electrons. The number of nitrogens with zero attached hydrogens (tertiary/aromatic N) is 2. The molecule has 0 saturated carbocycles. The zero-order valence-corrected chi connectivity index (χ0v) is 10.0. The van der Waals surface area contributed by atoms with E-state index in [0.717, 1.165) is 15.7 Å². The first kappa shape index (κ1) is 10.4. The minimum atomic E-state index is 0.521. The van der Waals surface area contributed by atoms with Crippen molar-refractivity contribution < 1.29 is 0 Å². The van der Waals surface area contributed by atoms with Crippen LogP contribution in [0, 0.1) is 6.92 Å². The summed E-state index contributed by atoms with van der Waals surface area (Å²) in [6.45, 7) is 2.58. The fourth-order valence-electron chi connectivity index (χ4n) is 1.49. The van der Waals surface area contributed by atoms with E-state index in [-0.39, 0.29) is 0 Å². The average Bonchev–Trinajstić information content (AvgIpc) is 2.65. The van der Waals surface area contributed by atoms with E-state index in [1.807, 2.05) is 16.9 Å². The highest BCUT2D eigenvalue weighted by atomic mass is 79.9. The predicted molar refractivity (Wildman–Crippen MR) is 63.9 cm³/mol.